The van der Waals surface area contributed by atoms with E-state index in [4.69, 9.17) is 4.74 Å². The van der Waals surface area contributed by atoms with Gasteiger partial charge in [0.25, 0.3) is 0 Å². The zero-order valence-corrected chi connectivity index (χ0v) is 13.6. The molecule has 0 spiro atoms. The fraction of sp³-hybridized carbons (Fsp3) is 0.500. The summed E-state index contributed by atoms with van der Waals surface area (Å²) in [6.45, 7) is 11.3. The molecule has 21 heavy (non-hydrogen) atoms. The van der Waals surface area contributed by atoms with Crippen LogP contribution in [0.25, 0.3) is 5.57 Å². The molecule has 2 rings (SSSR count). The SMILES string of the molecule is CC1=C(c2ccccc2)C(C)CN(C(=O)OC(C)(C)C)C1. The quantitative estimate of drug-likeness (QED) is 0.768. The maximum atomic E-state index is 12.2. The summed E-state index contributed by atoms with van der Waals surface area (Å²) >= 11 is 0. The second kappa shape index (κ2) is 5.92. The predicted molar refractivity (Wildman–Crippen MR) is 86.0 cm³/mol. The Hall–Kier alpha value is -1.77. The van der Waals surface area contributed by atoms with E-state index < -0.39 is 5.60 Å². The number of hydrogen-bond acceptors (Lipinski definition) is 2. The fourth-order valence-corrected chi connectivity index (χ4v) is 2.89. The molecule has 0 radical (unpaired) electrons. The maximum absolute atomic E-state index is 12.2. The van der Waals surface area contributed by atoms with Crippen LogP contribution in [0.2, 0.25) is 0 Å². The molecule has 1 unspecified atom stereocenters. The van der Waals surface area contributed by atoms with Gasteiger partial charge in [-0.15, -0.1) is 0 Å². The molecule has 0 bridgehead atoms. The summed E-state index contributed by atoms with van der Waals surface area (Å²) in [7, 11) is 0. The van der Waals surface area contributed by atoms with Crippen molar-refractivity contribution in [1.82, 2.24) is 4.90 Å². The lowest BCUT2D eigenvalue weighted by molar-refractivity contribution is 0.0245. The highest BCUT2D eigenvalue weighted by molar-refractivity contribution is 5.75. The van der Waals surface area contributed by atoms with Gasteiger partial charge >= 0.3 is 6.09 Å². The van der Waals surface area contributed by atoms with Crippen molar-refractivity contribution in [3.05, 3.63) is 41.5 Å². The van der Waals surface area contributed by atoms with Gasteiger partial charge in [0, 0.05) is 13.1 Å². The van der Waals surface area contributed by atoms with Gasteiger partial charge in [-0.1, -0.05) is 37.3 Å². The Balaban J connectivity index is 2.19. The lowest BCUT2D eigenvalue weighted by Crippen LogP contribution is -2.42. The van der Waals surface area contributed by atoms with Gasteiger partial charge in [-0.3, -0.25) is 0 Å². The Labute approximate surface area is 127 Å². The molecule has 3 nitrogen and oxygen atoms in total. The third-order valence-corrected chi connectivity index (χ3v) is 3.61. The normalized spacial score (nSPS) is 19.7. The second-order valence-electron chi connectivity index (χ2n) is 6.82. The molecule has 1 amide bonds. The Bertz CT molecular complexity index is 540. The van der Waals surface area contributed by atoms with Gasteiger partial charge < -0.3 is 9.64 Å². The van der Waals surface area contributed by atoms with Crippen LogP contribution >= 0.6 is 0 Å². The number of ether oxygens (including phenoxy) is 1. The minimum Gasteiger partial charge on any atom is -0.444 e. The van der Waals surface area contributed by atoms with Gasteiger partial charge in [-0.2, -0.15) is 0 Å². The van der Waals surface area contributed by atoms with E-state index in [1.54, 1.807) is 4.90 Å². The molecule has 1 aromatic carbocycles. The maximum Gasteiger partial charge on any atom is 0.410 e. The molecule has 0 fully saturated rings. The van der Waals surface area contributed by atoms with Crippen molar-refractivity contribution in [2.75, 3.05) is 13.1 Å². The van der Waals surface area contributed by atoms with Crippen LogP contribution in [0, 0.1) is 5.92 Å². The molecule has 1 aromatic rings. The Morgan fingerprint density at radius 3 is 2.38 bits per heavy atom. The smallest absolute Gasteiger partial charge is 0.410 e. The van der Waals surface area contributed by atoms with Crippen molar-refractivity contribution in [3.8, 4) is 0 Å². The Morgan fingerprint density at radius 1 is 1.24 bits per heavy atom. The molecule has 3 heteroatoms. The topological polar surface area (TPSA) is 29.5 Å². The van der Waals surface area contributed by atoms with Crippen LogP contribution in [-0.4, -0.2) is 29.7 Å². The third-order valence-electron chi connectivity index (χ3n) is 3.61. The summed E-state index contributed by atoms with van der Waals surface area (Å²) in [4.78, 5) is 14.0. The van der Waals surface area contributed by atoms with E-state index in [9.17, 15) is 4.79 Å². The van der Waals surface area contributed by atoms with Gasteiger partial charge in [0.05, 0.1) is 0 Å². The first-order valence-corrected chi connectivity index (χ1v) is 7.51. The van der Waals surface area contributed by atoms with Crippen LogP contribution < -0.4 is 0 Å². The highest BCUT2D eigenvalue weighted by atomic mass is 16.6. The third kappa shape index (κ3) is 3.87. The molecular formula is C18H25NO2. The average molecular weight is 287 g/mol. The van der Waals surface area contributed by atoms with E-state index in [1.807, 2.05) is 26.8 Å². The van der Waals surface area contributed by atoms with Crippen molar-refractivity contribution in [2.45, 2.75) is 40.2 Å². The molecule has 1 aliphatic heterocycles. The highest BCUT2D eigenvalue weighted by Gasteiger charge is 2.29. The first kappa shape index (κ1) is 15.6. The molecule has 0 aliphatic carbocycles. The summed E-state index contributed by atoms with van der Waals surface area (Å²) in [6.07, 6.45) is -0.221. The van der Waals surface area contributed by atoms with E-state index >= 15 is 0 Å². The number of rotatable bonds is 1. The summed E-state index contributed by atoms with van der Waals surface area (Å²) in [5.41, 5.74) is 3.41. The van der Waals surface area contributed by atoms with E-state index in [2.05, 4.69) is 38.1 Å². The van der Waals surface area contributed by atoms with Crippen LogP contribution in [0.1, 0.15) is 40.2 Å². The number of amides is 1. The Morgan fingerprint density at radius 2 is 1.86 bits per heavy atom. The number of carbonyl (C=O) groups is 1. The molecule has 1 atom stereocenters. The van der Waals surface area contributed by atoms with Crippen molar-refractivity contribution in [3.63, 3.8) is 0 Å². The van der Waals surface area contributed by atoms with E-state index in [0.29, 0.717) is 19.0 Å². The van der Waals surface area contributed by atoms with Crippen LogP contribution in [-0.2, 0) is 4.74 Å². The molecule has 1 heterocycles. The van der Waals surface area contributed by atoms with Gasteiger partial charge in [-0.05, 0) is 50.3 Å². The lowest BCUT2D eigenvalue weighted by atomic mass is 9.86. The number of benzene rings is 1. The van der Waals surface area contributed by atoms with Crippen LogP contribution in [0.4, 0.5) is 4.79 Å². The number of hydrogen-bond donors (Lipinski definition) is 0. The summed E-state index contributed by atoms with van der Waals surface area (Å²) in [5.74, 6) is 0.314. The van der Waals surface area contributed by atoms with Crippen LogP contribution in [0.3, 0.4) is 0 Å². The van der Waals surface area contributed by atoms with Gasteiger partial charge in [-0.25, -0.2) is 4.79 Å². The number of carbonyl (C=O) groups excluding carboxylic acids is 1. The zero-order chi connectivity index (χ0) is 15.6. The molecule has 0 saturated heterocycles. The van der Waals surface area contributed by atoms with Crippen molar-refractivity contribution in [1.29, 1.82) is 0 Å². The average Bonchev–Trinajstić information content (AvgIpc) is 2.37. The molecule has 0 aromatic heterocycles. The van der Waals surface area contributed by atoms with Crippen LogP contribution in [0.15, 0.2) is 35.9 Å². The van der Waals surface area contributed by atoms with Crippen molar-refractivity contribution in [2.24, 2.45) is 5.92 Å². The Kier molecular flexibility index (Phi) is 4.40. The summed E-state index contributed by atoms with van der Waals surface area (Å²) < 4.78 is 5.48. The second-order valence-corrected chi connectivity index (χ2v) is 6.82. The zero-order valence-electron chi connectivity index (χ0n) is 13.6. The summed E-state index contributed by atoms with van der Waals surface area (Å²) in [5, 5.41) is 0. The molecule has 1 aliphatic rings. The number of nitrogens with zero attached hydrogens (tertiary/aromatic N) is 1. The standard InChI is InChI=1S/C18H25NO2/c1-13-11-19(17(20)21-18(3,4)5)12-14(2)16(13)15-9-7-6-8-10-15/h6-10,13H,11-12H2,1-5H3. The molecule has 114 valence electrons. The van der Waals surface area contributed by atoms with Gasteiger partial charge in [0.1, 0.15) is 5.60 Å². The molecule has 0 saturated carbocycles. The van der Waals surface area contributed by atoms with Gasteiger partial charge in [0.2, 0.25) is 0 Å². The molecule has 0 N–H and O–H groups in total. The first-order valence-electron chi connectivity index (χ1n) is 7.51. The van der Waals surface area contributed by atoms with E-state index in [-0.39, 0.29) is 6.09 Å². The van der Waals surface area contributed by atoms with Crippen LogP contribution in [0.5, 0.6) is 0 Å². The van der Waals surface area contributed by atoms with Gasteiger partial charge in [0.15, 0.2) is 0 Å². The minimum atomic E-state index is -0.447. The highest BCUT2D eigenvalue weighted by Crippen LogP contribution is 2.32. The van der Waals surface area contributed by atoms with E-state index in [1.165, 1.54) is 16.7 Å². The van der Waals surface area contributed by atoms with E-state index in [0.717, 1.165) is 0 Å². The fourth-order valence-electron chi connectivity index (χ4n) is 2.89. The van der Waals surface area contributed by atoms with Crippen molar-refractivity contribution < 1.29 is 9.53 Å². The predicted octanol–water partition coefficient (Wildman–Crippen LogP) is 4.35. The van der Waals surface area contributed by atoms with Crippen molar-refractivity contribution >= 4 is 11.7 Å². The summed E-state index contributed by atoms with van der Waals surface area (Å²) in [6, 6.07) is 10.4. The lowest BCUT2D eigenvalue weighted by Gasteiger charge is -2.35. The largest absolute Gasteiger partial charge is 0.444 e. The molecular weight excluding hydrogens is 262 g/mol. The minimum absolute atomic E-state index is 0.221. The first-order chi connectivity index (χ1) is 9.78. The monoisotopic (exact) mass is 287 g/mol.